The number of para-hydroxylation sites is 2. The van der Waals surface area contributed by atoms with E-state index in [1.807, 2.05) is 11.3 Å². The van der Waals surface area contributed by atoms with Gasteiger partial charge >= 0.3 is 0 Å². The van der Waals surface area contributed by atoms with Crippen molar-refractivity contribution in [2.24, 2.45) is 0 Å². The van der Waals surface area contributed by atoms with Gasteiger partial charge in [-0.05, 0) is 88.0 Å². The molecular formula is C55H34N2S. The standard InChI is InChI=1S/C55H34N2S/c1-3-15-35(16-4-1)55(46-23-11-7-19-39(46)40-20-8-12-24-47(40)55)36-27-29-38(30-28-36)56-48-25-13-9-21-41(48)44-33-45-51(34-50(44)56)57(37-17-5-2-6-18-37)49-32-31-43-42-22-10-14-26-52(42)58-54(43)53(45)49/h1-34H. The number of aromatic nitrogens is 2. The highest BCUT2D eigenvalue weighted by atomic mass is 32.1. The lowest BCUT2D eigenvalue weighted by Gasteiger charge is -2.34. The molecule has 0 atom stereocenters. The Labute approximate surface area is 339 Å². The summed E-state index contributed by atoms with van der Waals surface area (Å²) in [5.74, 6) is 0. The van der Waals surface area contributed by atoms with Crippen LogP contribution in [0.2, 0.25) is 0 Å². The molecule has 0 N–H and O–H groups in total. The first kappa shape index (κ1) is 31.9. The molecule has 3 heteroatoms. The molecule has 1 aliphatic rings. The highest BCUT2D eigenvalue weighted by Gasteiger charge is 2.45. The Morgan fingerprint density at radius 1 is 0.345 bits per heavy atom. The van der Waals surface area contributed by atoms with E-state index in [9.17, 15) is 0 Å². The van der Waals surface area contributed by atoms with E-state index in [1.54, 1.807) is 0 Å². The largest absolute Gasteiger partial charge is 0.309 e. The van der Waals surface area contributed by atoms with Crippen molar-refractivity contribution in [2.75, 3.05) is 0 Å². The number of fused-ring (bicyclic) bond motifs is 13. The average Bonchev–Trinajstić information content (AvgIpc) is 4.02. The smallest absolute Gasteiger partial charge is 0.0713 e. The molecule has 9 aromatic carbocycles. The van der Waals surface area contributed by atoms with Gasteiger partial charge in [0.1, 0.15) is 0 Å². The molecule has 0 spiro atoms. The fourth-order valence-electron chi connectivity index (χ4n) is 10.5. The summed E-state index contributed by atoms with van der Waals surface area (Å²) >= 11 is 1.91. The molecule has 270 valence electrons. The van der Waals surface area contributed by atoms with Gasteiger partial charge in [0.15, 0.2) is 0 Å². The van der Waals surface area contributed by atoms with Gasteiger partial charge in [0.2, 0.25) is 0 Å². The molecule has 12 aromatic rings. The van der Waals surface area contributed by atoms with Crippen LogP contribution < -0.4 is 0 Å². The van der Waals surface area contributed by atoms with Crippen molar-refractivity contribution in [1.82, 2.24) is 9.13 Å². The Bertz CT molecular complexity index is 3560. The quantitative estimate of drug-likeness (QED) is 0.169. The van der Waals surface area contributed by atoms with Crippen molar-refractivity contribution in [3.8, 4) is 22.5 Å². The molecule has 0 unspecified atom stereocenters. The van der Waals surface area contributed by atoms with Crippen LogP contribution in [0.3, 0.4) is 0 Å². The lowest BCUT2D eigenvalue weighted by Crippen LogP contribution is -2.28. The third-order valence-electron chi connectivity index (χ3n) is 12.8. The molecule has 3 heterocycles. The fraction of sp³-hybridized carbons (Fsp3) is 0.0182. The Kier molecular flexibility index (Phi) is 6.56. The minimum atomic E-state index is -0.436. The second-order valence-electron chi connectivity index (χ2n) is 15.6. The van der Waals surface area contributed by atoms with Crippen LogP contribution in [0.1, 0.15) is 22.3 Å². The average molecular weight is 755 g/mol. The summed E-state index contributed by atoms with van der Waals surface area (Å²) in [6.45, 7) is 0. The zero-order valence-corrected chi connectivity index (χ0v) is 32.2. The number of hydrogen-bond donors (Lipinski definition) is 0. The molecular weight excluding hydrogens is 721 g/mol. The third kappa shape index (κ3) is 4.16. The molecule has 0 aliphatic heterocycles. The highest BCUT2D eigenvalue weighted by molar-refractivity contribution is 7.26. The Balaban J connectivity index is 1.09. The molecule has 3 aromatic heterocycles. The topological polar surface area (TPSA) is 9.86 Å². The Hall–Kier alpha value is -7.20. The number of thiophene rings is 1. The van der Waals surface area contributed by atoms with Crippen molar-refractivity contribution in [1.29, 1.82) is 0 Å². The van der Waals surface area contributed by atoms with Gasteiger partial charge in [-0.15, -0.1) is 11.3 Å². The maximum Gasteiger partial charge on any atom is 0.0713 e. The molecule has 0 saturated carbocycles. The first-order valence-electron chi connectivity index (χ1n) is 20.0. The number of hydrogen-bond acceptors (Lipinski definition) is 1. The van der Waals surface area contributed by atoms with Crippen LogP contribution in [0, 0.1) is 0 Å². The first-order chi connectivity index (χ1) is 28.8. The maximum absolute atomic E-state index is 2.47. The van der Waals surface area contributed by atoms with Crippen molar-refractivity contribution < 1.29 is 0 Å². The lowest BCUT2D eigenvalue weighted by molar-refractivity contribution is 0.768. The number of nitrogens with zero attached hydrogens (tertiary/aromatic N) is 2. The Morgan fingerprint density at radius 2 is 0.914 bits per heavy atom. The van der Waals surface area contributed by atoms with E-state index in [1.165, 1.54) is 97.2 Å². The molecule has 0 saturated heterocycles. The minimum Gasteiger partial charge on any atom is -0.309 e. The van der Waals surface area contributed by atoms with Crippen molar-refractivity contribution in [2.45, 2.75) is 5.41 Å². The van der Waals surface area contributed by atoms with Crippen LogP contribution in [0.4, 0.5) is 0 Å². The van der Waals surface area contributed by atoms with Gasteiger partial charge < -0.3 is 9.13 Å². The predicted molar refractivity (Wildman–Crippen MR) is 245 cm³/mol. The first-order valence-corrected chi connectivity index (χ1v) is 20.8. The zero-order chi connectivity index (χ0) is 38.0. The van der Waals surface area contributed by atoms with Gasteiger partial charge in [0.25, 0.3) is 0 Å². The van der Waals surface area contributed by atoms with Crippen LogP contribution in [0.5, 0.6) is 0 Å². The molecule has 13 rings (SSSR count). The molecule has 0 bridgehead atoms. The minimum absolute atomic E-state index is 0.436. The normalized spacial score (nSPS) is 13.3. The summed E-state index contributed by atoms with van der Waals surface area (Å²) in [6.07, 6.45) is 0. The summed E-state index contributed by atoms with van der Waals surface area (Å²) in [5, 5.41) is 7.77. The summed E-state index contributed by atoms with van der Waals surface area (Å²) in [7, 11) is 0. The Morgan fingerprint density at radius 3 is 1.67 bits per heavy atom. The van der Waals surface area contributed by atoms with E-state index in [-0.39, 0.29) is 0 Å². The van der Waals surface area contributed by atoms with Crippen LogP contribution in [-0.2, 0) is 5.41 Å². The third-order valence-corrected chi connectivity index (χ3v) is 14.0. The van der Waals surface area contributed by atoms with Crippen molar-refractivity contribution in [3.63, 3.8) is 0 Å². The summed E-state index contributed by atoms with van der Waals surface area (Å²) in [6, 6.07) is 76.6. The fourth-order valence-corrected chi connectivity index (χ4v) is 11.7. The number of benzene rings is 9. The van der Waals surface area contributed by atoms with Crippen LogP contribution in [0.25, 0.3) is 86.3 Å². The van der Waals surface area contributed by atoms with Crippen LogP contribution >= 0.6 is 11.3 Å². The zero-order valence-electron chi connectivity index (χ0n) is 31.4. The van der Waals surface area contributed by atoms with Gasteiger partial charge in [-0.1, -0.05) is 152 Å². The monoisotopic (exact) mass is 754 g/mol. The lowest BCUT2D eigenvalue weighted by atomic mass is 9.68. The summed E-state index contributed by atoms with van der Waals surface area (Å²) < 4.78 is 7.61. The highest BCUT2D eigenvalue weighted by Crippen LogP contribution is 2.56. The van der Waals surface area contributed by atoms with Crippen molar-refractivity contribution in [3.05, 3.63) is 229 Å². The van der Waals surface area contributed by atoms with E-state index in [2.05, 4.69) is 215 Å². The summed E-state index contributed by atoms with van der Waals surface area (Å²) in [4.78, 5) is 0. The van der Waals surface area contributed by atoms with Gasteiger partial charge in [0.05, 0.1) is 27.5 Å². The van der Waals surface area contributed by atoms with E-state index < -0.39 is 5.41 Å². The molecule has 0 amide bonds. The maximum atomic E-state index is 2.47. The van der Waals surface area contributed by atoms with E-state index in [0.717, 1.165) is 11.4 Å². The van der Waals surface area contributed by atoms with Crippen LogP contribution in [-0.4, -0.2) is 9.13 Å². The second-order valence-corrected chi connectivity index (χ2v) is 16.7. The molecule has 0 radical (unpaired) electrons. The second kappa shape index (κ2) is 11.9. The predicted octanol–water partition coefficient (Wildman–Crippen LogP) is 14.6. The van der Waals surface area contributed by atoms with E-state index >= 15 is 0 Å². The number of rotatable bonds is 4. The molecule has 1 aliphatic carbocycles. The molecule has 2 nitrogen and oxygen atoms in total. The van der Waals surface area contributed by atoms with Gasteiger partial charge in [-0.3, -0.25) is 0 Å². The van der Waals surface area contributed by atoms with E-state index in [4.69, 9.17) is 0 Å². The van der Waals surface area contributed by atoms with Crippen molar-refractivity contribution >= 4 is 75.1 Å². The van der Waals surface area contributed by atoms with E-state index in [0.29, 0.717) is 0 Å². The molecule has 58 heavy (non-hydrogen) atoms. The molecule has 0 fully saturated rings. The summed E-state index contributed by atoms with van der Waals surface area (Å²) in [5.41, 5.74) is 14.5. The van der Waals surface area contributed by atoms with Gasteiger partial charge in [-0.25, -0.2) is 0 Å². The van der Waals surface area contributed by atoms with Crippen LogP contribution in [0.15, 0.2) is 206 Å². The SMILES string of the molecule is c1ccc(-n2c3cc4c(cc3c3c5sc6ccccc6c5ccc32)c2ccccc2n4-c2ccc(C3(c4ccccc4)c4ccccc4-c4ccccc43)cc2)cc1. The van der Waals surface area contributed by atoms with Gasteiger partial charge in [0, 0.05) is 53.1 Å². The van der Waals surface area contributed by atoms with Gasteiger partial charge in [-0.2, -0.15) is 0 Å².